The van der Waals surface area contributed by atoms with Crippen molar-refractivity contribution < 1.29 is 13.3 Å². The monoisotopic (exact) mass is 410 g/mol. The third-order valence-electron chi connectivity index (χ3n) is 4.65. The summed E-state index contributed by atoms with van der Waals surface area (Å²) in [6.45, 7) is 3.19. The van der Waals surface area contributed by atoms with Crippen LogP contribution in [0.3, 0.4) is 0 Å². The van der Waals surface area contributed by atoms with E-state index in [-0.39, 0.29) is 10.6 Å². The first kappa shape index (κ1) is 19.7. The van der Waals surface area contributed by atoms with Gasteiger partial charge in [-0.25, -0.2) is 13.4 Å². The Hall–Kier alpha value is -2.04. The van der Waals surface area contributed by atoms with Gasteiger partial charge in [0.15, 0.2) is 0 Å². The molecule has 0 atom stereocenters. The molecule has 8 nitrogen and oxygen atoms in total. The highest BCUT2D eigenvalue weighted by atomic mass is 32.2. The number of aromatic nitrogens is 1. The number of hydrogen-bond donors (Lipinski definition) is 1. The summed E-state index contributed by atoms with van der Waals surface area (Å²) in [7, 11) is -3.73. The summed E-state index contributed by atoms with van der Waals surface area (Å²) in [5.41, 5.74) is 2.64. The zero-order chi connectivity index (χ0) is 19.4. The van der Waals surface area contributed by atoms with Crippen LogP contribution in [0.25, 0.3) is 0 Å². The summed E-state index contributed by atoms with van der Waals surface area (Å²) in [4.78, 5) is 16.1. The largest absolute Gasteiger partial charge is 0.375 e. The second-order valence-corrected chi connectivity index (χ2v) is 9.35. The molecule has 0 unspecified atom stereocenters. The smallest absolute Gasteiger partial charge is 0.293 e. The van der Waals surface area contributed by atoms with Gasteiger partial charge in [-0.3, -0.25) is 10.1 Å². The van der Waals surface area contributed by atoms with Gasteiger partial charge in [-0.15, -0.1) is 11.3 Å². The molecule has 0 radical (unpaired) electrons. The quantitative estimate of drug-likeness (QED) is 0.577. The van der Waals surface area contributed by atoms with Gasteiger partial charge in [0.2, 0.25) is 10.0 Å². The second-order valence-electron chi connectivity index (χ2n) is 6.47. The van der Waals surface area contributed by atoms with Crippen molar-refractivity contribution in [2.24, 2.45) is 0 Å². The van der Waals surface area contributed by atoms with E-state index in [9.17, 15) is 18.5 Å². The third-order valence-corrected chi connectivity index (χ3v) is 7.48. The standard InChI is InChI=1S/C17H22N4O4S2/c1-13-17(26-12-19-13)11-18-15-7-6-14(10-16(15)21(22)23)27(24,25)20-8-4-2-3-5-9-20/h6-7,10,12,18H,2-5,8-9,11H2,1H3. The molecule has 1 aromatic carbocycles. The number of nitrogens with zero attached hydrogens (tertiary/aromatic N) is 3. The van der Waals surface area contributed by atoms with Crippen LogP contribution < -0.4 is 5.32 Å². The number of nitrogens with one attached hydrogen (secondary N) is 1. The molecule has 2 aromatic rings. The average Bonchev–Trinajstić information content (AvgIpc) is 2.87. The highest BCUT2D eigenvalue weighted by Crippen LogP contribution is 2.30. The number of hydrogen-bond acceptors (Lipinski definition) is 7. The van der Waals surface area contributed by atoms with Crippen molar-refractivity contribution in [2.45, 2.75) is 44.0 Å². The van der Waals surface area contributed by atoms with E-state index in [0.29, 0.717) is 25.3 Å². The van der Waals surface area contributed by atoms with E-state index in [0.717, 1.165) is 42.3 Å². The second kappa shape index (κ2) is 8.32. The van der Waals surface area contributed by atoms with Crippen LogP contribution in [0.2, 0.25) is 0 Å². The van der Waals surface area contributed by atoms with Gasteiger partial charge in [-0.2, -0.15) is 4.31 Å². The first-order valence-electron chi connectivity index (χ1n) is 8.81. The summed E-state index contributed by atoms with van der Waals surface area (Å²) in [5, 5.41) is 14.5. The minimum absolute atomic E-state index is 0.0318. The van der Waals surface area contributed by atoms with Crippen LogP contribution in [0.5, 0.6) is 0 Å². The number of thiazole rings is 1. The van der Waals surface area contributed by atoms with E-state index in [1.54, 1.807) is 5.51 Å². The Morgan fingerprint density at radius 3 is 2.56 bits per heavy atom. The fraction of sp³-hybridized carbons (Fsp3) is 0.471. The Bertz CT molecular complexity index is 919. The molecule has 1 saturated heterocycles. The normalized spacial score (nSPS) is 16.0. The van der Waals surface area contributed by atoms with Crippen LogP contribution in [0.4, 0.5) is 11.4 Å². The van der Waals surface area contributed by atoms with E-state index in [1.165, 1.54) is 27.8 Å². The minimum Gasteiger partial charge on any atom is -0.375 e. The number of anilines is 1. The Kier molecular flexibility index (Phi) is 6.08. The van der Waals surface area contributed by atoms with Crippen molar-refractivity contribution in [1.29, 1.82) is 0 Å². The topological polar surface area (TPSA) is 105 Å². The Balaban J connectivity index is 1.86. The number of rotatable bonds is 6. The van der Waals surface area contributed by atoms with Gasteiger partial charge in [0, 0.05) is 24.0 Å². The molecule has 27 heavy (non-hydrogen) atoms. The van der Waals surface area contributed by atoms with Crippen LogP contribution in [-0.4, -0.2) is 35.7 Å². The van der Waals surface area contributed by atoms with E-state index < -0.39 is 14.9 Å². The molecule has 10 heteroatoms. The Morgan fingerprint density at radius 1 is 1.26 bits per heavy atom. The predicted octanol–water partition coefficient (Wildman–Crippen LogP) is 3.54. The van der Waals surface area contributed by atoms with Gasteiger partial charge in [-0.1, -0.05) is 12.8 Å². The van der Waals surface area contributed by atoms with Gasteiger partial charge in [-0.05, 0) is 31.9 Å². The summed E-state index contributed by atoms with van der Waals surface area (Å²) in [6.07, 6.45) is 3.64. The third kappa shape index (κ3) is 4.45. The van der Waals surface area contributed by atoms with Gasteiger partial charge in [0.1, 0.15) is 5.69 Å². The van der Waals surface area contributed by atoms with Crippen LogP contribution in [0.1, 0.15) is 36.3 Å². The van der Waals surface area contributed by atoms with Crippen molar-refractivity contribution >= 4 is 32.7 Å². The zero-order valence-electron chi connectivity index (χ0n) is 15.1. The molecule has 3 rings (SSSR count). The molecule has 1 N–H and O–H groups in total. The van der Waals surface area contributed by atoms with E-state index >= 15 is 0 Å². The van der Waals surface area contributed by atoms with Crippen LogP contribution in [0, 0.1) is 17.0 Å². The van der Waals surface area contributed by atoms with Crippen molar-refractivity contribution in [3.05, 3.63) is 44.4 Å². The molecule has 1 aromatic heterocycles. The molecule has 1 aliphatic heterocycles. The SMILES string of the molecule is Cc1ncsc1CNc1ccc(S(=O)(=O)N2CCCCCC2)cc1[N+](=O)[O-]. The summed E-state index contributed by atoms with van der Waals surface area (Å²) in [6, 6.07) is 4.07. The first-order valence-corrected chi connectivity index (χ1v) is 11.1. The highest BCUT2D eigenvalue weighted by molar-refractivity contribution is 7.89. The molecule has 0 saturated carbocycles. The lowest BCUT2D eigenvalue weighted by atomic mass is 10.2. The summed E-state index contributed by atoms with van der Waals surface area (Å²) in [5.74, 6) is 0. The van der Waals surface area contributed by atoms with Crippen molar-refractivity contribution in [3.63, 3.8) is 0 Å². The van der Waals surface area contributed by atoms with E-state index in [2.05, 4.69) is 10.3 Å². The molecule has 0 spiro atoms. The number of benzene rings is 1. The van der Waals surface area contributed by atoms with Crippen LogP contribution >= 0.6 is 11.3 Å². The zero-order valence-corrected chi connectivity index (χ0v) is 16.7. The van der Waals surface area contributed by atoms with Gasteiger partial charge in [0.25, 0.3) is 5.69 Å². The number of sulfonamides is 1. The molecule has 1 fully saturated rings. The van der Waals surface area contributed by atoms with Gasteiger partial charge < -0.3 is 5.32 Å². The Morgan fingerprint density at radius 2 is 1.96 bits per heavy atom. The molecule has 0 aliphatic carbocycles. The maximum atomic E-state index is 12.9. The molecule has 146 valence electrons. The number of aryl methyl sites for hydroxylation is 1. The highest BCUT2D eigenvalue weighted by Gasteiger charge is 2.28. The van der Waals surface area contributed by atoms with Crippen molar-refractivity contribution in [3.8, 4) is 0 Å². The van der Waals surface area contributed by atoms with Crippen LogP contribution in [0.15, 0.2) is 28.6 Å². The molecule has 1 aliphatic rings. The van der Waals surface area contributed by atoms with Crippen LogP contribution in [-0.2, 0) is 16.6 Å². The maximum Gasteiger partial charge on any atom is 0.293 e. The first-order chi connectivity index (χ1) is 12.9. The molecular weight excluding hydrogens is 388 g/mol. The number of nitro benzene ring substituents is 1. The van der Waals surface area contributed by atoms with Gasteiger partial charge >= 0.3 is 0 Å². The Labute approximate surface area is 162 Å². The van der Waals surface area contributed by atoms with Crippen molar-refractivity contribution in [2.75, 3.05) is 18.4 Å². The molecule has 0 amide bonds. The minimum atomic E-state index is -3.73. The summed E-state index contributed by atoms with van der Waals surface area (Å²) < 4.78 is 27.2. The van der Waals surface area contributed by atoms with Gasteiger partial charge in [0.05, 0.1) is 27.6 Å². The fourth-order valence-electron chi connectivity index (χ4n) is 3.07. The number of nitro groups is 1. The lowest BCUT2D eigenvalue weighted by molar-refractivity contribution is -0.384. The van der Waals surface area contributed by atoms with Crippen molar-refractivity contribution in [1.82, 2.24) is 9.29 Å². The molecule has 2 heterocycles. The average molecular weight is 411 g/mol. The lowest BCUT2D eigenvalue weighted by Crippen LogP contribution is -2.32. The summed E-state index contributed by atoms with van der Waals surface area (Å²) >= 11 is 1.47. The molecular formula is C17H22N4O4S2. The van der Waals surface area contributed by atoms with E-state index in [4.69, 9.17) is 0 Å². The van der Waals surface area contributed by atoms with E-state index in [1.807, 2.05) is 6.92 Å². The molecule has 0 bridgehead atoms. The fourth-order valence-corrected chi connectivity index (χ4v) is 5.33. The maximum absolute atomic E-state index is 12.9. The predicted molar refractivity (Wildman–Crippen MR) is 105 cm³/mol. The lowest BCUT2D eigenvalue weighted by Gasteiger charge is -2.20.